The molecule has 2 fully saturated rings. The number of carbonyl (C=O) groups excluding carboxylic acids is 3. The van der Waals surface area contributed by atoms with Crippen LogP contribution in [-0.2, 0) is 30.4 Å². The summed E-state index contributed by atoms with van der Waals surface area (Å²) in [5, 5.41) is 2.29. The average molecular weight is 530 g/mol. The zero-order valence-corrected chi connectivity index (χ0v) is 21.2. The van der Waals surface area contributed by atoms with Crippen LogP contribution >= 0.6 is 0 Å². The van der Waals surface area contributed by atoms with Crippen molar-refractivity contribution in [1.29, 1.82) is 0 Å². The molecule has 2 aromatic carbocycles. The zero-order chi connectivity index (χ0) is 26.3. The van der Waals surface area contributed by atoms with Gasteiger partial charge in [0.1, 0.15) is 12.2 Å². The second-order valence-corrected chi connectivity index (χ2v) is 11.4. The summed E-state index contributed by atoms with van der Waals surface area (Å²) in [6.07, 6.45) is -0.454. The lowest BCUT2D eigenvalue weighted by Crippen LogP contribution is -2.52. The van der Waals surface area contributed by atoms with Gasteiger partial charge in [-0.15, -0.1) is 0 Å². The average Bonchev–Trinajstić information content (AvgIpc) is 3.19. The Morgan fingerprint density at radius 1 is 1.08 bits per heavy atom. The van der Waals surface area contributed by atoms with Gasteiger partial charge in [-0.2, -0.15) is 8.42 Å². The van der Waals surface area contributed by atoms with E-state index in [1.807, 2.05) is 24.0 Å². The molecular weight excluding hydrogens is 501 g/mol. The molecule has 2 saturated heterocycles. The molecule has 3 heterocycles. The normalized spacial score (nSPS) is 24.3. The third-order valence-electron chi connectivity index (χ3n) is 7.30. The minimum atomic E-state index is -3.97. The first kappa shape index (κ1) is 25.3. The van der Waals surface area contributed by atoms with Gasteiger partial charge in [0.2, 0.25) is 11.8 Å². The van der Waals surface area contributed by atoms with Crippen LogP contribution < -0.4 is 10.2 Å². The third-order valence-corrected chi connectivity index (χ3v) is 8.60. The number of amides is 3. The fourth-order valence-electron chi connectivity index (χ4n) is 5.06. The topological polar surface area (TPSA) is 113 Å². The van der Waals surface area contributed by atoms with Crippen LogP contribution in [-0.4, -0.2) is 62.9 Å². The van der Waals surface area contributed by atoms with Crippen LogP contribution in [0.2, 0.25) is 0 Å². The van der Waals surface area contributed by atoms with Gasteiger partial charge in [-0.25, -0.2) is 4.39 Å². The maximum atomic E-state index is 15.1. The maximum absolute atomic E-state index is 15.1. The van der Waals surface area contributed by atoms with Gasteiger partial charge in [0.15, 0.2) is 0 Å². The van der Waals surface area contributed by atoms with E-state index >= 15 is 4.39 Å². The van der Waals surface area contributed by atoms with E-state index < -0.39 is 34.2 Å². The summed E-state index contributed by atoms with van der Waals surface area (Å²) in [6.45, 7) is 2.41. The van der Waals surface area contributed by atoms with E-state index in [4.69, 9.17) is 4.18 Å². The largest absolute Gasteiger partial charge is 0.369 e. The number of hydrogen-bond donors (Lipinski definition) is 1. The van der Waals surface area contributed by atoms with Crippen LogP contribution in [0.1, 0.15) is 40.7 Å². The lowest BCUT2D eigenvalue weighted by atomic mass is 9.95. The van der Waals surface area contributed by atoms with E-state index in [2.05, 4.69) is 5.32 Å². The van der Waals surface area contributed by atoms with Gasteiger partial charge in [-0.1, -0.05) is 23.8 Å². The highest BCUT2D eigenvalue weighted by molar-refractivity contribution is 7.86. The number of halogens is 1. The lowest BCUT2D eigenvalue weighted by molar-refractivity contribution is -0.136. The van der Waals surface area contributed by atoms with E-state index in [-0.39, 0.29) is 49.2 Å². The molecule has 3 atom stereocenters. The fraction of sp³-hybridized carbons (Fsp3) is 0.423. The molecule has 196 valence electrons. The second-order valence-electron chi connectivity index (χ2n) is 9.80. The number of anilines is 1. The number of piperidine rings is 2. The van der Waals surface area contributed by atoms with Gasteiger partial charge in [-0.3, -0.25) is 23.9 Å². The molecule has 0 radical (unpaired) electrons. The number of alkyl halides is 1. The first-order chi connectivity index (χ1) is 17.6. The molecule has 0 saturated carbocycles. The molecule has 0 aliphatic carbocycles. The summed E-state index contributed by atoms with van der Waals surface area (Å²) in [7, 11) is -3.97. The van der Waals surface area contributed by atoms with Crippen LogP contribution in [0.5, 0.6) is 0 Å². The molecule has 11 heteroatoms. The Labute approximate surface area is 214 Å². The van der Waals surface area contributed by atoms with E-state index in [1.54, 1.807) is 18.2 Å². The molecule has 37 heavy (non-hydrogen) atoms. The van der Waals surface area contributed by atoms with Crippen molar-refractivity contribution in [2.75, 3.05) is 24.6 Å². The van der Waals surface area contributed by atoms with Gasteiger partial charge < -0.3 is 9.80 Å². The molecule has 2 aromatic rings. The molecule has 0 aromatic heterocycles. The smallest absolute Gasteiger partial charge is 0.296 e. The van der Waals surface area contributed by atoms with Crippen molar-refractivity contribution in [3.8, 4) is 0 Å². The van der Waals surface area contributed by atoms with Crippen LogP contribution in [0.15, 0.2) is 47.4 Å². The molecule has 0 bridgehead atoms. The van der Waals surface area contributed by atoms with E-state index in [0.717, 1.165) is 11.1 Å². The molecule has 1 N–H and O–H groups in total. The molecule has 9 nitrogen and oxygen atoms in total. The van der Waals surface area contributed by atoms with Crippen LogP contribution in [0.4, 0.5) is 10.1 Å². The minimum Gasteiger partial charge on any atom is -0.369 e. The Morgan fingerprint density at radius 3 is 2.54 bits per heavy atom. The number of carbonyl (C=O) groups is 3. The minimum absolute atomic E-state index is 0.0418. The van der Waals surface area contributed by atoms with Gasteiger partial charge >= 0.3 is 0 Å². The Hall–Kier alpha value is -3.31. The van der Waals surface area contributed by atoms with Crippen molar-refractivity contribution in [2.45, 2.75) is 49.8 Å². The van der Waals surface area contributed by atoms with E-state index in [9.17, 15) is 22.8 Å². The summed E-state index contributed by atoms with van der Waals surface area (Å²) >= 11 is 0. The zero-order valence-electron chi connectivity index (χ0n) is 20.4. The van der Waals surface area contributed by atoms with Crippen molar-refractivity contribution in [1.82, 2.24) is 10.2 Å². The van der Waals surface area contributed by atoms with Crippen LogP contribution in [0.25, 0.3) is 0 Å². The number of nitrogens with zero attached hydrogens (tertiary/aromatic N) is 2. The summed E-state index contributed by atoms with van der Waals surface area (Å²) in [4.78, 5) is 40.2. The standard InChI is InChI=1S/C26H28FN3O6S/c1-16-2-6-20(7-3-16)37(34,35)36-15-18-10-11-29(14-22(18)27)19-5-4-17-13-30(26(33)21(17)12-19)23-8-9-24(31)28-25(23)32/h2-7,12,18,22-23H,8-11,13-15H2,1H3,(H,28,31,32). The Kier molecular flexibility index (Phi) is 6.76. The molecular formula is C26H28FN3O6S. The summed E-state index contributed by atoms with van der Waals surface area (Å²) in [6, 6.07) is 11.0. The number of nitrogens with one attached hydrogen (secondary N) is 1. The van der Waals surface area contributed by atoms with Crippen molar-refractivity contribution in [3.05, 3.63) is 59.2 Å². The maximum Gasteiger partial charge on any atom is 0.296 e. The van der Waals surface area contributed by atoms with E-state index in [1.165, 1.54) is 17.0 Å². The Bertz CT molecular complexity index is 1350. The SMILES string of the molecule is Cc1ccc(S(=O)(=O)OCC2CCN(c3ccc4c(c3)C(=O)N(C3CCC(=O)NC3=O)C4)CC2F)cc1. The van der Waals surface area contributed by atoms with Gasteiger partial charge in [0, 0.05) is 43.2 Å². The molecule has 0 spiro atoms. The molecule has 3 unspecified atom stereocenters. The summed E-state index contributed by atoms with van der Waals surface area (Å²) in [5.41, 5.74) is 2.85. The van der Waals surface area contributed by atoms with Crippen molar-refractivity contribution >= 4 is 33.5 Å². The molecule has 3 amide bonds. The van der Waals surface area contributed by atoms with Crippen molar-refractivity contribution in [2.24, 2.45) is 5.92 Å². The van der Waals surface area contributed by atoms with Crippen LogP contribution in [0.3, 0.4) is 0 Å². The molecule has 5 rings (SSSR count). The second kappa shape index (κ2) is 9.86. The van der Waals surface area contributed by atoms with Gasteiger partial charge in [-0.05, 0) is 49.6 Å². The fourth-order valence-corrected chi connectivity index (χ4v) is 6.02. The van der Waals surface area contributed by atoms with Crippen molar-refractivity contribution < 1.29 is 31.4 Å². The highest BCUT2D eigenvalue weighted by Crippen LogP contribution is 2.33. The van der Waals surface area contributed by atoms with Gasteiger partial charge in [0.05, 0.1) is 11.5 Å². The number of imide groups is 1. The molecule has 3 aliphatic heterocycles. The third kappa shape index (κ3) is 5.10. The highest BCUT2D eigenvalue weighted by Gasteiger charge is 2.39. The number of aryl methyl sites for hydroxylation is 1. The monoisotopic (exact) mass is 529 g/mol. The Morgan fingerprint density at radius 2 is 1.84 bits per heavy atom. The van der Waals surface area contributed by atoms with Crippen LogP contribution in [0, 0.1) is 12.8 Å². The Balaban J connectivity index is 1.21. The first-order valence-electron chi connectivity index (χ1n) is 12.2. The van der Waals surface area contributed by atoms with E-state index in [0.29, 0.717) is 24.2 Å². The predicted octanol–water partition coefficient (Wildman–Crippen LogP) is 2.33. The number of hydrogen-bond acceptors (Lipinski definition) is 7. The van der Waals surface area contributed by atoms with Crippen molar-refractivity contribution in [3.63, 3.8) is 0 Å². The quantitative estimate of drug-likeness (QED) is 0.451. The highest BCUT2D eigenvalue weighted by atomic mass is 32.2. The number of fused-ring (bicyclic) bond motifs is 1. The number of rotatable bonds is 6. The molecule has 3 aliphatic rings. The summed E-state index contributed by atoms with van der Waals surface area (Å²) < 4.78 is 45.2. The lowest BCUT2D eigenvalue weighted by Gasteiger charge is -2.36. The predicted molar refractivity (Wildman–Crippen MR) is 132 cm³/mol. The summed E-state index contributed by atoms with van der Waals surface area (Å²) in [5.74, 6) is -1.66. The first-order valence-corrected chi connectivity index (χ1v) is 13.7. The number of benzene rings is 2. The van der Waals surface area contributed by atoms with Gasteiger partial charge in [0.25, 0.3) is 16.0 Å².